The van der Waals surface area contributed by atoms with Crippen LogP contribution in [-0.2, 0) is 32.1 Å². The smallest absolute Gasteiger partial charge is 0.122 e. The Balaban J connectivity index is 3.25. The molecule has 0 saturated carbocycles. The fourth-order valence-corrected chi connectivity index (χ4v) is 4.20. The van der Waals surface area contributed by atoms with Crippen molar-refractivity contribution in [3.8, 4) is 5.75 Å². The topological polar surface area (TPSA) is 20.2 Å². The first kappa shape index (κ1) is 22.1. The van der Waals surface area contributed by atoms with Gasteiger partial charge in [-0.2, -0.15) is 0 Å². The third-order valence-electron chi connectivity index (χ3n) is 5.55. The zero-order valence-corrected chi connectivity index (χ0v) is 17.6. The van der Waals surface area contributed by atoms with Crippen LogP contribution in [0.1, 0.15) is 114 Å². The molecule has 144 valence electrons. The van der Waals surface area contributed by atoms with Gasteiger partial charge in [-0.25, -0.2) is 0 Å². The monoisotopic (exact) mass is 346 g/mol. The van der Waals surface area contributed by atoms with E-state index in [2.05, 4.69) is 34.6 Å². The summed E-state index contributed by atoms with van der Waals surface area (Å²) in [7, 11) is 0. The first-order valence-electron chi connectivity index (χ1n) is 11.0. The van der Waals surface area contributed by atoms with Crippen molar-refractivity contribution in [2.75, 3.05) is 0 Å². The number of unbranched alkanes of at least 4 members (excludes halogenated alkanes) is 5. The molecule has 0 unspecified atom stereocenters. The van der Waals surface area contributed by atoms with E-state index in [0.29, 0.717) is 5.75 Å². The van der Waals surface area contributed by atoms with E-state index in [-0.39, 0.29) is 0 Å². The van der Waals surface area contributed by atoms with Crippen LogP contribution >= 0.6 is 0 Å². The van der Waals surface area contributed by atoms with Crippen LogP contribution in [0.4, 0.5) is 0 Å². The average Bonchev–Trinajstić information content (AvgIpc) is 2.62. The standard InChI is InChI=1S/C24H42O/c1-6-11-13-14-15-18-23-22(17-12-7-2)21(16-8-3)19(9-4)20(10-5)24(23)25/h25H,6-18H2,1-5H3. The van der Waals surface area contributed by atoms with Crippen LogP contribution in [0.25, 0.3) is 0 Å². The van der Waals surface area contributed by atoms with Gasteiger partial charge in [-0.3, -0.25) is 0 Å². The average molecular weight is 347 g/mol. The van der Waals surface area contributed by atoms with E-state index in [1.54, 1.807) is 5.56 Å². The van der Waals surface area contributed by atoms with Crippen LogP contribution in [-0.4, -0.2) is 5.11 Å². The quantitative estimate of drug-likeness (QED) is 0.371. The number of aromatic hydroxyl groups is 1. The van der Waals surface area contributed by atoms with E-state index >= 15 is 0 Å². The Labute approximate surface area is 157 Å². The van der Waals surface area contributed by atoms with Gasteiger partial charge in [0.25, 0.3) is 0 Å². The molecule has 0 saturated heterocycles. The van der Waals surface area contributed by atoms with Crippen LogP contribution in [0, 0.1) is 0 Å². The number of hydrogen-bond acceptors (Lipinski definition) is 1. The SMILES string of the molecule is CCCCCCCc1c(O)c(CC)c(CC)c(CCC)c1CCCC. The summed E-state index contributed by atoms with van der Waals surface area (Å²) in [4.78, 5) is 0. The summed E-state index contributed by atoms with van der Waals surface area (Å²) in [6, 6.07) is 0. The molecule has 0 aliphatic rings. The van der Waals surface area contributed by atoms with Gasteiger partial charge in [0.05, 0.1) is 0 Å². The summed E-state index contributed by atoms with van der Waals surface area (Å²) in [6.45, 7) is 11.3. The molecule has 0 amide bonds. The summed E-state index contributed by atoms with van der Waals surface area (Å²) >= 11 is 0. The maximum atomic E-state index is 11.1. The molecule has 0 fully saturated rings. The Morgan fingerprint density at radius 2 is 1.04 bits per heavy atom. The largest absolute Gasteiger partial charge is 0.507 e. The van der Waals surface area contributed by atoms with Gasteiger partial charge in [-0.1, -0.05) is 73.1 Å². The fourth-order valence-electron chi connectivity index (χ4n) is 4.20. The van der Waals surface area contributed by atoms with E-state index in [4.69, 9.17) is 0 Å². The normalized spacial score (nSPS) is 11.2. The summed E-state index contributed by atoms with van der Waals surface area (Å²) < 4.78 is 0. The van der Waals surface area contributed by atoms with Crippen molar-refractivity contribution in [3.63, 3.8) is 0 Å². The van der Waals surface area contributed by atoms with Gasteiger partial charge in [-0.05, 0) is 72.8 Å². The predicted molar refractivity (Wildman–Crippen MR) is 112 cm³/mol. The van der Waals surface area contributed by atoms with Crippen LogP contribution in [0.5, 0.6) is 5.75 Å². The van der Waals surface area contributed by atoms with Crippen LogP contribution < -0.4 is 0 Å². The van der Waals surface area contributed by atoms with Gasteiger partial charge in [0.15, 0.2) is 0 Å². The van der Waals surface area contributed by atoms with Gasteiger partial charge in [0.2, 0.25) is 0 Å². The van der Waals surface area contributed by atoms with Crippen molar-refractivity contribution in [3.05, 3.63) is 27.8 Å². The lowest BCUT2D eigenvalue weighted by Crippen LogP contribution is -2.09. The zero-order valence-electron chi connectivity index (χ0n) is 17.6. The second-order valence-corrected chi connectivity index (χ2v) is 7.47. The fraction of sp³-hybridized carbons (Fsp3) is 0.750. The molecule has 0 aliphatic heterocycles. The van der Waals surface area contributed by atoms with Crippen molar-refractivity contribution in [1.82, 2.24) is 0 Å². The van der Waals surface area contributed by atoms with Crippen LogP contribution in [0.3, 0.4) is 0 Å². The highest BCUT2D eigenvalue weighted by Crippen LogP contribution is 2.37. The predicted octanol–water partition coefficient (Wildman–Crippen LogP) is 7.33. The highest BCUT2D eigenvalue weighted by atomic mass is 16.3. The molecule has 0 aromatic heterocycles. The Kier molecular flexibility index (Phi) is 10.9. The second kappa shape index (κ2) is 12.4. The maximum absolute atomic E-state index is 11.1. The molecular formula is C24H42O. The number of rotatable bonds is 13. The first-order valence-corrected chi connectivity index (χ1v) is 11.0. The minimum Gasteiger partial charge on any atom is -0.507 e. The van der Waals surface area contributed by atoms with Crippen LogP contribution in [0.15, 0.2) is 0 Å². The Morgan fingerprint density at radius 3 is 1.60 bits per heavy atom. The van der Waals surface area contributed by atoms with Crippen molar-refractivity contribution < 1.29 is 5.11 Å². The van der Waals surface area contributed by atoms with Gasteiger partial charge < -0.3 is 5.11 Å². The highest BCUT2D eigenvalue weighted by molar-refractivity contribution is 5.55. The summed E-state index contributed by atoms with van der Waals surface area (Å²) in [6.07, 6.45) is 15.5. The van der Waals surface area contributed by atoms with Crippen molar-refractivity contribution >= 4 is 0 Å². The molecule has 0 radical (unpaired) electrons. The molecule has 1 aromatic carbocycles. The number of phenols is 1. The maximum Gasteiger partial charge on any atom is 0.122 e. The molecule has 0 spiro atoms. The van der Waals surface area contributed by atoms with Crippen LogP contribution in [0.2, 0.25) is 0 Å². The van der Waals surface area contributed by atoms with Gasteiger partial charge in [0.1, 0.15) is 5.75 Å². The van der Waals surface area contributed by atoms with E-state index in [1.165, 1.54) is 80.0 Å². The molecule has 0 heterocycles. The Hall–Kier alpha value is -0.980. The number of benzene rings is 1. The lowest BCUT2D eigenvalue weighted by Gasteiger charge is -2.24. The minimum absolute atomic E-state index is 0.640. The highest BCUT2D eigenvalue weighted by Gasteiger charge is 2.20. The van der Waals surface area contributed by atoms with E-state index in [9.17, 15) is 5.11 Å². The van der Waals surface area contributed by atoms with E-state index < -0.39 is 0 Å². The van der Waals surface area contributed by atoms with E-state index in [1.807, 2.05) is 0 Å². The Morgan fingerprint density at radius 1 is 0.480 bits per heavy atom. The van der Waals surface area contributed by atoms with Gasteiger partial charge >= 0.3 is 0 Å². The van der Waals surface area contributed by atoms with Gasteiger partial charge in [0, 0.05) is 0 Å². The number of hydrogen-bond donors (Lipinski definition) is 1. The summed E-state index contributed by atoms with van der Waals surface area (Å²) in [5.74, 6) is 0.640. The first-order chi connectivity index (χ1) is 12.2. The molecule has 0 aliphatic carbocycles. The molecule has 1 heteroatoms. The minimum atomic E-state index is 0.640. The molecule has 1 nitrogen and oxygen atoms in total. The summed E-state index contributed by atoms with van der Waals surface area (Å²) in [5, 5.41) is 11.1. The molecule has 0 bridgehead atoms. The molecule has 1 rings (SSSR count). The van der Waals surface area contributed by atoms with E-state index in [0.717, 1.165) is 25.7 Å². The summed E-state index contributed by atoms with van der Waals surface area (Å²) in [5.41, 5.74) is 7.06. The lowest BCUT2D eigenvalue weighted by molar-refractivity contribution is 0.456. The lowest BCUT2D eigenvalue weighted by atomic mass is 9.82. The second-order valence-electron chi connectivity index (χ2n) is 7.47. The number of phenolic OH excluding ortho intramolecular Hbond substituents is 1. The molecule has 0 atom stereocenters. The van der Waals surface area contributed by atoms with Crippen molar-refractivity contribution in [1.29, 1.82) is 0 Å². The molecule has 25 heavy (non-hydrogen) atoms. The van der Waals surface area contributed by atoms with Gasteiger partial charge in [-0.15, -0.1) is 0 Å². The third kappa shape index (κ3) is 6.04. The van der Waals surface area contributed by atoms with Crippen molar-refractivity contribution in [2.24, 2.45) is 0 Å². The zero-order chi connectivity index (χ0) is 18.7. The van der Waals surface area contributed by atoms with Crippen molar-refractivity contribution in [2.45, 2.75) is 118 Å². The Bertz CT molecular complexity index is 502. The molecule has 1 N–H and O–H groups in total. The molecular weight excluding hydrogens is 304 g/mol. The molecule has 1 aromatic rings. The third-order valence-corrected chi connectivity index (χ3v) is 5.55.